The largest absolute Gasteiger partial charge is 0.468 e. The molecule has 0 aliphatic heterocycles. The Morgan fingerprint density at radius 1 is 0.839 bits per heavy atom. The van der Waals surface area contributed by atoms with E-state index in [1.54, 1.807) is 6.92 Å². The number of unbranched alkanes of at least 4 members (excludes halogenated alkanes) is 4. The lowest BCUT2D eigenvalue weighted by molar-refractivity contribution is -0.160. The lowest BCUT2D eigenvalue weighted by Crippen LogP contribution is -2.43. The van der Waals surface area contributed by atoms with Gasteiger partial charge in [-0.1, -0.05) is 58.3 Å². The molecule has 0 bridgehead atoms. The number of rotatable bonds is 9. The molecule has 0 heterocycles. The van der Waals surface area contributed by atoms with E-state index in [1.165, 1.54) is 97.0 Å². The van der Waals surface area contributed by atoms with Crippen LogP contribution in [0.25, 0.3) is 0 Å². The topological polar surface area (TPSA) is 43.4 Å². The molecule has 3 nitrogen and oxygen atoms in total. The molecule has 3 heteroatoms. The highest BCUT2D eigenvalue weighted by Gasteiger charge is 2.47. The molecule has 3 saturated carbocycles. The average Bonchev–Trinajstić information content (AvgIpc) is 2.81. The molecule has 3 aliphatic rings. The quantitative estimate of drug-likeness (QED) is 0.215. The van der Waals surface area contributed by atoms with Crippen molar-refractivity contribution < 1.29 is 14.3 Å². The Labute approximate surface area is 191 Å². The molecule has 31 heavy (non-hydrogen) atoms. The van der Waals surface area contributed by atoms with E-state index in [-0.39, 0.29) is 11.8 Å². The summed E-state index contributed by atoms with van der Waals surface area (Å²) in [7, 11) is 1.40. The molecule has 1 unspecified atom stereocenters. The Morgan fingerprint density at radius 2 is 1.39 bits per heavy atom. The van der Waals surface area contributed by atoms with Crippen molar-refractivity contribution in [2.45, 2.75) is 123 Å². The van der Waals surface area contributed by atoms with Gasteiger partial charge in [0, 0.05) is 6.42 Å². The maximum atomic E-state index is 12.7. The van der Waals surface area contributed by atoms with Crippen LogP contribution < -0.4 is 0 Å². The normalized spacial score (nSPS) is 36.9. The first-order valence-electron chi connectivity index (χ1n) is 13.6. The summed E-state index contributed by atoms with van der Waals surface area (Å²) in [6, 6.07) is 0. The molecular formula is C28H48O3. The molecule has 0 aromatic heterocycles. The first-order chi connectivity index (χ1) is 15.0. The predicted octanol–water partition coefficient (Wildman–Crippen LogP) is 7.51. The fourth-order valence-electron chi connectivity index (χ4n) is 7.10. The molecule has 0 N–H and O–H groups in total. The lowest BCUT2D eigenvalue weighted by atomic mass is 9.62. The third-order valence-electron chi connectivity index (χ3n) is 9.47. The first kappa shape index (κ1) is 24.8. The number of methoxy groups -OCH3 is 1. The first-order valence-corrected chi connectivity index (χ1v) is 13.6. The summed E-state index contributed by atoms with van der Waals surface area (Å²) >= 11 is 0. The SMILES string of the molecule is CCCCCCCC1CCC(C2CCC(C3CC[C@](C)(C(=O)OC)C(=O)C3)CC2)CC1. The van der Waals surface area contributed by atoms with Gasteiger partial charge in [0.2, 0.25) is 0 Å². The number of ketones is 1. The van der Waals surface area contributed by atoms with Gasteiger partial charge in [0.1, 0.15) is 11.2 Å². The second-order valence-electron chi connectivity index (χ2n) is 11.4. The zero-order chi connectivity index (χ0) is 22.3. The van der Waals surface area contributed by atoms with Crippen LogP contribution >= 0.6 is 0 Å². The van der Waals surface area contributed by atoms with Crippen LogP contribution in [0.3, 0.4) is 0 Å². The zero-order valence-corrected chi connectivity index (χ0v) is 20.6. The summed E-state index contributed by atoms with van der Waals surface area (Å²) in [5.41, 5.74) is -0.892. The van der Waals surface area contributed by atoms with Crippen molar-refractivity contribution in [3.05, 3.63) is 0 Å². The monoisotopic (exact) mass is 432 g/mol. The van der Waals surface area contributed by atoms with Gasteiger partial charge in [0.25, 0.3) is 0 Å². The highest BCUT2D eigenvalue weighted by Crippen LogP contribution is 2.47. The summed E-state index contributed by atoms with van der Waals surface area (Å²) in [6.07, 6.45) is 22.1. The van der Waals surface area contributed by atoms with E-state index in [0.29, 0.717) is 24.7 Å². The molecule has 0 amide bonds. The summed E-state index contributed by atoms with van der Waals surface area (Å²) in [5, 5.41) is 0. The second kappa shape index (κ2) is 11.8. The number of ether oxygens (including phenoxy) is 1. The maximum absolute atomic E-state index is 12.7. The second-order valence-corrected chi connectivity index (χ2v) is 11.4. The summed E-state index contributed by atoms with van der Waals surface area (Å²) < 4.78 is 4.91. The van der Waals surface area contributed by atoms with Crippen LogP contribution in [0.5, 0.6) is 0 Å². The molecule has 178 valence electrons. The van der Waals surface area contributed by atoms with Crippen LogP contribution in [-0.2, 0) is 14.3 Å². The van der Waals surface area contributed by atoms with Crippen molar-refractivity contribution in [1.82, 2.24) is 0 Å². The zero-order valence-electron chi connectivity index (χ0n) is 20.6. The Bertz CT molecular complexity index is 569. The van der Waals surface area contributed by atoms with Crippen LogP contribution in [-0.4, -0.2) is 18.9 Å². The smallest absolute Gasteiger partial charge is 0.319 e. The molecule has 0 radical (unpaired) electrons. The van der Waals surface area contributed by atoms with Crippen LogP contribution in [0.4, 0.5) is 0 Å². The Balaban J connectivity index is 1.35. The highest BCUT2D eigenvalue weighted by atomic mass is 16.5. The van der Waals surface area contributed by atoms with Gasteiger partial charge in [-0.05, 0) is 87.9 Å². The number of carbonyl (C=O) groups excluding carboxylic acids is 2. The number of carbonyl (C=O) groups is 2. The molecule has 0 aromatic carbocycles. The Hall–Kier alpha value is -0.860. The van der Waals surface area contributed by atoms with E-state index in [2.05, 4.69) is 6.92 Å². The highest BCUT2D eigenvalue weighted by molar-refractivity contribution is 6.03. The molecule has 0 spiro atoms. The third-order valence-corrected chi connectivity index (χ3v) is 9.47. The van der Waals surface area contributed by atoms with Gasteiger partial charge < -0.3 is 4.74 Å². The van der Waals surface area contributed by atoms with Crippen molar-refractivity contribution in [2.75, 3.05) is 7.11 Å². The molecule has 0 saturated heterocycles. The minimum atomic E-state index is -0.892. The van der Waals surface area contributed by atoms with Gasteiger partial charge in [-0.15, -0.1) is 0 Å². The number of hydrogen-bond donors (Lipinski definition) is 0. The van der Waals surface area contributed by atoms with Crippen molar-refractivity contribution in [2.24, 2.45) is 35.0 Å². The molecule has 2 atom stereocenters. The van der Waals surface area contributed by atoms with E-state index >= 15 is 0 Å². The average molecular weight is 433 g/mol. The molecule has 3 aliphatic carbocycles. The van der Waals surface area contributed by atoms with Crippen LogP contribution in [0.1, 0.15) is 123 Å². The predicted molar refractivity (Wildman–Crippen MR) is 127 cm³/mol. The minimum absolute atomic E-state index is 0.116. The summed E-state index contributed by atoms with van der Waals surface area (Å²) in [5.74, 6) is 3.87. The van der Waals surface area contributed by atoms with Crippen LogP contribution in [0.15, 0.2) is 0 Å². The van der Waals surface area contributed by atoms with Gasteiger partial charge in [-0.25, -0.2) is 0 Å². The number of hydrogen-bond acceptors (Lipinski definition) is 3. The van der Waals surface area contributed by atoms with Crippen molar-refractivity contribution >= 4 is 11.8 Å². The van der Waals surface area contributed by atoms with Crippen LogP contribution in [0.2, 0.25) is 0 Å². The van der Waals surface area contributed by atoms with E-state index in [4.69, 9.17) is 4.74 Å². The lowest BCUT2D eigenvalue weighted by Gasteiger charge is -2.42. The van der Waals surface area contributed by atoms with Gasteiger partial charge >= 0.3 is 5.97 Å². The van der Waals surface area contributed by atoms with E-state index < -0.39 is 5.41 Å². The van der Waals surface area contributed by atoms with Gasteiger partial charge in [0.15, 0.2) is 0 Å². The standard InChI is InChI=1S/C28H48O3/c1-4-5-6-7-8-9-21-10-12-22(13-11-21)23-14-16-24(17-15-23)25-18-19-28(2,26(29)20-25)27(30)31-3/h21-25H,4-20H2,1-3H3/t21?,22?,23?,24?,25?,28-/m0/s1. The maximum Gasteiger partial charge on any atom is 0.319 e. The minimum Gasteiger partial charge on any atom is -0.468 e. The van der Waals surface area contributed by atoms with E-state index in [1.807, 2.05) is 0 Å². The molecule has 3 rings (SSSR count). The molecule has 0 aromatic rings. The molecular weight excluding hydrogens is 384 g/mol. The Morgan fingerprint density at radius 3 is 1.94 bits per heavy atom. The summed E-state index contributed by atoms with van der Waals surface area (Å²) in [6.45, 7) is 4.08. The van der Waals surface area contributed by atoms with Gasteiger partial charge in [-0.2, -0.15) is 0 Å². The fourth-order valence-corrected chi connectivity index (χ4v) is 7.10. The van der Waals surface area contributed by atoms with E-state index in [0.717, 1.165) is 24.2 Å². The van der Waals surface area contributed by atoms with Crippen molar-refractivity contribution in [3.8, 4) is 0 Å². The number of esters is 1. The summed E-state index contributed by atoms with van der Waals surface area (Å²) in [4.78, 5) is 24.8. The third kappa shape index (κ3) is 6.35. The fraction of sp³-hybridized carbons (Fsp3) is 0.929. The van der Waals surface area contributed by atoms with Crippen LogP contribution in [0, 0.1) is 35.0 Å². The van der Waals surface area contributed by atoms with Crippen molar-refractivity contribution in [1.29, 1.82) is 0 Å². The Kier molecular flexibility index (Phi) is 9.47. The van der Waals surface area contributed by atoms with Gasteiger partial charge in [-0.3, -0.25) is 9.59 Å². The van der Waals surface area contributed by atoms with Crippen molar-refractivity contribution in [3.63, 3.8) is 0 Å². The molecule has 3 fully saturated rings. The van der Waals surface area contributed by atoms with Gasteiger partial charge in [0.05, 0.1) is 7.11 Å². The van der Waals surface area contributed by atoms with E-state index in [9.17, 15) is 9.59 Å². The number of Topliss-reactive ketones (excluding diaryl/α,β-unsaturated/α-hetero) is 1.